The van der Waals surface area contributed by atoms with E-state index in [4.69, 9.17) is 4.74 Å². The molecule has 3 N–H and O–H groups in total. The van der Waals surface area contributed by atoms with Crippen molar-refractivity contribution >= 4 is 29.1 Å². The first-order valence-corrected chi connectivity index (χ1v) is 9.18. The van der Waals surface area contributed by atoms with E-state index >= 15 is 0 Å². The molecule has 28 heavy (non-hydrogen) atoms. The summed E-state index contributed by atoms with van der Waals surface area (Å²) >= 11 is 0. The molecule has 7 nitrogen and oxygen atoms in total. The van der Waals surface area contributed by atoms with Gasteiger partial charge >= 0.3 is 0 Å². The Morgan fingerprint density at radius 3 is 2.64 bits per heavy atom. The predicted molar refractivity (Wildman–Crippen MR) is 105 cm³/mol. The van der Waals surface area contributed by atoms with E-state index in [1.165, 1.54) is 11.8 Å². The van der Waals surface area contributed by atoms with Crippen LogP contribution < -0.4 is 20.3 Å². The van der Waals surface area contributed by atoms with Crippen molar-refractivity contribution in [3.8, 4) is 5.75 Å². The lowest BCUT2D eigenvalue weighted by Crippen LogP contribution is -2.92. The maximum absolute atomic E-state index is 12.7. The molecular formula is C21H24N3O4+. The average molecular weight is 382 g/mol. The van der Waals surface area contributed by atoms with Gasteiger partial charge in [0.05, 0.1) is 25.8 Å². The Hall–Kier alpha value is -3.19. The van der Waals surface area contributed by atoms with Crippen molar-refractivity contribution in [2.45, 2.75) is 25.8 Å². The first kappa shape index (κ1) is 19.6. The van der Waals surface area contributed by atoms with Gasteiger partial charge in [-0.05, 0) is 42.0 Å². The Morgan fingerprint density at radius 2 is 1.96 bits per heavy atom. The van der Waals surface area contributed by atoms with Crippen LogP contribution in [0.15, 0.2) is 48.5 Å². The van der Waals surface area contributed by atoms with Gasteiger partial charge < -0.3 is 15.4 Å². The standard InChI is InChI=1S/C21H23N3O4/c1-14(25)23-16-6-8-17(9-7-16)24-20(26)13-19(21(24)27)22-11-10-15-4-3-5-18(12-15)28-2/h3-9,12,19,22H,10-11,13H2,1-2H3,(H,23,25)/p+1/t19-/m0/s1. The number of nitrogens with one attached hydrogen (secondary N) is 1. The molecule has 1 fully saturated rings. The van der Waals surface area contributed by atoms with Gasteiger partial charge in [-0.25, -0.2) is 4.90 Å². The van der Waals surface area contributed by atoms with Crippen LogP contribution >= 0.6 is 0 Å². The average Bonchev–Trinajstić information content (AvgIpc) is 2.96. The maximum Gasteiger partial charge on any atom is 0.292 e. The number of rotatable bonds is 7. The normalized spacial score (nSPS) is 16.4. The van der Waals surface area contributed by atoms with Crippen LogP contribution in [0.3, 0.4) is 0 Å². The fourth-order valence-electron chi connectivity index (χ4n) is 3.29. The highest BCUT2D eigenvalue weighted by Crippen LogP contribution is 2.23. The quantitative estimate of drug-likeness (QED) is 0.701. The van der Waals surface area contributed by atoms with Gasteiger partial charge in [-0.2, -0.15) is 0 Å². The Bertz CT molecular complexity index is 879. The minimum atomic E-state index is -0.409. The summed E-state index contributed by atoms with van der Waals surface area (Å²) in [4.78, 5) is 37.4. The van der Waals surface area contributed by atoms with Gasteiger partial charge in [-0.15, -0.1) is 0 Å². The molecule has 0 aliphatic carbocycles. The van der Waals surface area contributed by atoms with E-state index in [0.29, 0.717) is 17.9 Å². The Morgan fingerprint density at radius 1 is 1.21 bits per heavy atom. The highest BCUT2D eigenvalue weighted by molar-refractivity contribution is 6.21. The molecule has 0 bridgehead atoms. The highest BCUT2D eigenvalue weighted by atomic mass is 16.5. The maximum atomic E-state index is 12.7. The molecule has 0 saturated carbocycles. The Balaban J connectivity index is 1.59. The number of hydrogen-bond acceptors (Lipinski definition) is 4. The lowest BCUT2D eigenvalue weighted by atomic mass is 10.1. The zero-order valence-electron chi connectivity index (χ0n) is 16.0. The summed E-state index contributed by atoms with van der Waals surface area (Å²) in [5.41, 5.74) is 2.27. The van der Waals surface area contributed by atoms with Crippen molar-refractivity contribution in [1.29, 1.82) is 0 Å². The van der Waals surface area contributed by atoms with Crippen molar-refractivity contribution in [3.05, 3.63) is 54.1 Å². The van der Waals surface area contributed by atoms with Crippen molar-refractivity contribution < 1.29 is 24.4 Å². The van der Waals surface area contributed by atoms with Crippen LogP contribution in [-0.4, -0.2) is 37.4 Å². The van der Waals surface area contributed by atoms with Gasteiger partial charge in [-0.1, -0.05) is 12.1 Å². The monoisotopic (exact) mass is 382 g/mol. The lowest BCUT2D eigenvalue weighted by Gasteiger charge is -2.15. The molecule has 2 aromatic carbocycles. The zero-order chi connectivity index (χ0) is 20.1. The van der Waals surface area contributed by atoms with Gasteiger partial charge in [0.25, 0.3) is 5.91 Å². The first-order valence-electron chi connectivity index (χ1n) is 9.18. The number of ether oxygens (including phenoxy) is 1. The van der Waals surface area contributed by atoms with Crippen molar-refractivity contribution in [3.63, 3.8) is 0 Å². The third-order valence-corrected chi connectivity index (χ3v) is 4.65. The number of imide groups is 1. The third kappa shape index (κ3) is 4.55. The number of nitrogens with zero attached hydrogens (tertiary/aromatic N) is 1. The molecule has 0 aromatic heterocycles. The second-order valence-electron chi connectivity index (χ2n) is 6.73. The number of methoxy groups -OCH3 is 1. The summed E-state index contributed by atoms with van der Waals surface area (Å²) in [6.45, 7) is 2.12. The molecule has 0 unspecified atom stereocenters. The predicted octanol–water partition coefficient (Wildman–Crippen LogP) is 1.09. The topological polar surface area (TPSA) is 92.3 Å². The summed E-state index contributed by atoms with van der Waals surface area (Å²) in [5.74, 6) is 0.216. The van der Waals surface area contributed by atoms with E-state index in [1.807, 2.05) is 29.6 Å². The summed E-state index contributed by atoms with van der Waals surface area (Å²) in [6.07, 6.45) is 0.963. The van der Waals surface area contributed by atoms with E-state index in [-0.39, 0.29) is 24.1 Å². The minimum absolute atomic E-state index is 0.174. The van der Waals surface area contributed by atoms with Crippen LogP contribution in [0, 0.1) is 0 Å². The number of quaternary nitrogens is 1. The molecule has 0 radical (unpaired) electrons. The van der Waals surface area contributed by atoms with Crippen molar-refractivity contribution in [2.24, 2.45) is 0 Å². The third-order valence-electron chi connectivity index (χ3n) is 4.65. The molecule has 1 heterocycles. The molecule has 3 amide bonds. The summed E-state index contributed by atoms with van der Waals surface area (Å²) in [7, 11) is 1.63. The van der Waals surface area contributed by atoms with Gasteiger partial charge in [0.15, 0.2) is 6.04 Å². The van der Waals surface area contributed by atoms with Gasteiger partial charge in [-0.3, -0.25) is 14.4 Å². The fourth-order valence-corrected chi connectivity index (χ4v) is 3.29. The van der Waals surface area contributed by atoms with Crippen LogP contribution in [0.2, 0.25) is 0 Å². The van der Waals surface area contributed by atoms with E-state index in [1.54, 1.807) is 31.4 Å². The number of anilines is 2. The van der Waals surface area contributed by atoms with Crippen LogP contribution in [-0.2, 0) is 20.8 Å². The number of benzene rings is 2. The largest absolute Gasteiger partial charge is 0.497 e. The molecule has 1 aliphatic heterocycles. The molecule has 1 saturated heterocycles. The molecule has 7 heteroatoms. The van der Waals surface area contributed by atoms with Gasteiger partial charge in [0, 0.05) is 19.0 Å². The van der Waals surface area contributed by atoms with Crippen LogP contribution in [0.25, 0.3) is 0 Å². The number of amides is 3. The van der Waals surface area contributed by atoms with Crippen LogP contribution in [0.5, 0.6) is 5.75 Å². The zero-order valence-corrected chi connectivity index (χ0v) is 16.0. The molecule has 2 aromatic rings. The van der Waals surface area contributed by atoms with Crippen LogP contribution in [0.1, 0.15) is 18.9 Å². The molecule has 0 spiro atoms. The number of hydrogen-bond donors (Lipinski definition) is 2. The van der Waals surface area contributed by atoms with E-state index in [2.05, 4.69) is 5.32 Å². The summed E-state index contributed by atoms with van der Waals surface area (Å²) in [5, 5.41) is 4.58. The van der Waals surface area contributed by atoms with E-state index < -0.39 is 6.04 Å². The molecule has 3 rings (SSSR count). The second kappa shape index (κ2) is 8.67. The number of carbonyl (C=O) groups excluding carboxylic acids is 3. The Labute approximate surface area is 163 Å². The van der Waals surface area contributed by atoms with E-state index in [0.717, 1.165) is 17.7 Å². The van der Waals surface area contributed by atoms with Crippen molar-refractivity contribution in [1.82, 2.24) is 0 Å². The number of nitrogens with two attached hydrogens (primary N) is 1. The molecule has 1 aliphatic rings. The van der Waals surface area contributed by atoms with E-state index in [9.17, 15) is 14.4 Å². The fraction of sp³-hybridized carbons (Fsp3) is 0.286. The van der Waals surface area contributed by atoms with Gasteiger partial charge in [0.2, 0.25) is 11.8 Å². The second-order valence-corrected chi connectivity index (χ2v) is 6.73. The smallest absolute Gasteiger partial charge is 0.292 e. The highest BCUT2D eigenvalue weighted by Gasteiger charge is 2.42. The first-order chi connectivity index (χ1) is 13.5. The lowest BCUT2D eigenvalue weighted by molar-refractivity contribution is -0.674. The summed E-state index contributed by atoms with van der Waals surface area (Å²) < 4.78 is 5.22. The minimum Gasteiger partial charge on any atom is -0.497 e. The number of carbonyl (C=O) groups is 3. The van der Waals surface area contributed by atoms with Crippen LogP contribution in [0.4, 0.5) is 11.4 Å². The molecular weight excluding hydrogens is 358 g/mol. The summed E-state index contributed by atoms with van der Waals surface area (Å²) in [6, 6.07) is 14.1. The van der Waals surface area contributed by atoms with Gasteiger partial charge in [0.1, 0.15) is 5.75 Å². The Kier molecular flexibility index (Phi) is 6.06. The molecule has 146 valence electrons. The molecule has 1 atom stereocenters. The SMILES string of the molecule is COc1cccc(CC[NH2+][C@H]2CC(=O)N(c3ccc(NC(C)=O)cc3)C2=O)c1. The van der Waals surface area contributed by atoms with Crippen molar-refractivity contribution in [2.75, 3.05) is 23.9 Å².